The lowest BCUT2D eigenvalue weighted by Gasteiger charge is -1.99. The molecule has 0 spiro atoms. The molecule has 1 heterocycles. The third-order valence-electron chi connectivity index (χ3n) is 3.21. The third kappa shape index (κ3) is 4.31. The topological polar surface area (TPSA) is 99.1 Å². The maximum atomic E-state index is 12.2. The second-order valence-corrected chi connectivity index (χ2v) is 6.77. The highest BCUT2D eigenvalue weighted by Gasteiger charge is 2.14. The van der Waals surface area contributed by atoms with Gasteiger partial charge in [-0.05, 0) is 29.4 Å². The molecular formula is C16H10BrN3O4S. The van der Waals surface area contributed by atoms with Gasteiger partial charge < -0.3 is 4.52 Å². The smallest absolute Gasteiger partial charge is 0.270 e. The summed E-state index contributed by atoms with van der Waals surface area (Å²) in [4.78, 5) is 26.6. The highest BCUT2D eigenvalue weighted by atomic mass is 79.9. The van der Waals surface area contributed by atoms with Crippen LogP contribution in [0, 0.1) is 10.1 Å². The maximum Gasteiger partial charge on any atom is 0.270 e. The van der Waals surface area contributed by atoms with Gasteiger partial charge in [0, 0.05) is 27.7 Å². The van der Waals surface area contributed by atoms with Crippen molar-refractivity contribution in [2.24, 2.45) is 0 Å². The number of ketones is 1. The van der Waals surface area contributed by atoms with Gasteiger partial charge in [-0.2, -0.15) is 4.98 Å². The molecule has 0 atom stereocenters. The van der Waals surface area contributed by atoms with Gasteiger partial charge in [0.15, 0.2) is 5.78 Å². The second-order valence-electron chi connectivity index (χ2n) is 4.91. The molecule has 0 bridgehead atoms. The number of nitrogens with zero attached hydrogens (tertiary/aromatic N) is 3. The molecule has 9 heteroatoms. The SMILES string of the molecule is O=C(CSc1noc(-c2ccc(Br)cc2)n1)c1cccc([N+](=O)[O-])c1. The van der Waals surface area contributed by atoms with Gasteiger partial charge in [0.1, 0.15) is 0 Å². The van der Waals surface area contributed by atoms with Crippen molar-refractivity contribution >= 4 is 39.2 Å². The van der Waals surface area contributed by atoms with Crippen molar-refractivity contribution in [3.8, 4) is 11.5 Å². The molecule has 3 rings (SSSR count). The molecule has 0 N–H and O–H groups in total. The number of aromatic nitrogens is 2. The first kappa shape index (κ1) is 17.3. The van der Waals surface area contributed by atoms with Gasteiger partial charge >= 0.3 is 0 Å². The summed E-state index contributed by atoms with van der Waals surface area (Å²) < 4.78 is 6.12. The van der Waals surface area contributed by atoms with Crippen molar-refractivity contribution in [1.29, 1.82) is 0 Å². The minimum absolute atomic E-state index is 0.0560. The average Bonchev–Trinajstić information content (AvgIpc) is 3.09. The molecule has 0 saturated heterocycles. The zero-order valence-electron chi connectivity index (χ0n) is 12.6. The van der Waals surface area contributed by atoms with Crippen LogP contribution in [0.5, 0.6) is 0 Å². The number of benzene rings is 2. The molecule has 3 aromatic rings. The number of hydrogen-bond donors (Lipinski definition) is 0. The highest BCUT2D eigenvalue weighted by molar-refractivity contribution is 9.10. The van der Waals surface area contributed by atoms with Crippen molar-refractivity contribution in [2.45, 2.75) is 5.16 Å². The summed E-state index contributed by atoms with van der Waals surface area (Å²) in [6.45, 7) is 0. The van der Waals surface area contributed by atoms with Crippen LogP contribution >= 0.6 is 27.7 Å². The van der Waals surface area contributed by atoms with E-state index < -0.39 is 4.92 Å². The molecule has 0 aliphatic carbocycles. The quantitative estimate of drug-likeness (QED) is 0.253. The fraction of sp³-hybridized carbons (Fsp3) is 0.0625. The van der Waals surface area contributed by atoms with E-state index in [4.69, 9.17) is 4.52 Å². The van der Waals surface area contributed by atoms with E-state index in [9.17, 15) is 14.9 Å². The van der Waals surface area contributed by atoms with Gasteiger partial charge in [-0.1, -0.05) is 39.8 Å². The number of rotatable bonds is 6. The summed E-state index contributed by atoms with van der Waals surface area (Å²) in [5, 5.41) is 14.9. The Balaban J connectivity index is 1.66. The predicted molar refractivity (Wildman–Crippen MR) is 95.6 cm³/mol. The van der Waals surface area contributed by atoms with E-state index in [2.05, 4.69) is 26.1 Å². The number of halogens is 1. The van der Waals surface area contributed by atoms with Crippen LogP contribution in [0.4, 0.5) is 5.69 Å². The molecule has 0 radical (unpaired) electrons. The Morgan fingerprint density at radius 1 is 1.24 bits per heavy atom. The normalized spacial score (nSPS) is 10.6. The number of hydrogen-bond acceptors (Lipinski definition) is 7. The third-order valence-corrected chi connectivity index (χ3v) is 4.57. The van der Waals surface area contributed by atoms with E-state index in [1.165, 1.54) is 18.2 Å². The Morgan fingerprint density at radius 3 is 2.72 bits per heavy atom. The minimum atomic E-state index is -0.534. The zero-order chi connectivity index (χ0) is 17.8. The molecule has 0 unspecified atom stereocenters. The van der Waals surface area contributed by atoms with E-state index in [1.54, 1.807) is 6.07 Å². The number of nitro groups is 1. The molecule has 25 heavy (non-hydrogen) atoms. The van der Waals surface area contributed by atoms with Gasteiger partial charge in [-0.25, -0.2) is 0 Å². The van der Waals surface area contributed by atoms with E-state index in [0.717, 1.165) is 21.8 Å². The Bertz CT molecular complexity index is 927. The van der Waals surface area contributed by atoms with E-state index in [0.29, 0.717) is 11.0 Å². The number of nitro benzene ring substituents is 1. The summed E-state index contributed by atoms with van der Waals surface area (Å²) in [5.74, 6) is 0.169. The molecule has 0 saturated carbocycles. The number of carbonyl (C=O) groups excluding carboxylic acids is 1. The maximum absolute atomic E-state index is 12.2. The summed E-state index contributed by atoms with van der Waals surface area (Å²) in [5.41, 5.74) is 0.929. The molecular weight excluding hydrogens is 410 g/mol. The first-order valence-electron chi connectivity index (χ1n) is 7.03. The molecule has 126 valence electrons. The van der Waals surface area contributed by atoms with Crippen LogP contribution in [0.2, 0.25) is 0 Å². The standard InChI is InChI=1S/C16H10BrN3O4S/c17-12-6-4-10(5-7-12)15-18-16(19-24-15)25-9-14(21)11-2-1-3-13(8-11)20(22)23/h1-8H,9H2. The van der Waals surface area contributed by atoms with Crippen LogP contribution in [0.1, 0.15) is 10.4 Å². The Hall–Kier alpha value is -2.52. The molecule has 0 fully saturated rings. The van der Waals surface area contributed by atoms with Crippen LogP contribution in [0.15, 0.2) is 62.7 Å². The van der Waals surface area contributed by atoms with Crippen LogP contribution in [0.25, 0.3) is 11.5 Å². The van der Waals surface area contributed by atoms with Gasteiger partial charge in [-0.3, -0.25) is 14.9 Å². The average molecular weight is 420 g/mol. The Kier molecular flexibility index (Phi) is 5.25. The first-order valence-corrected chi connectivity index (χ1v) is 8.81. The van der Waals surface area contributed by atoms with Crippen LogP contribution in [-0.4, -0.2) is 26.6 Å². The molecule has 1 aromatic heterocycles. The van der Waals surface area contributed by atoms with Gasteiger partial charge in [0.2, 0.25) is 5.16 Å². The number of thioether (sulfide) groups is 1. The van der Waals surface area contributed by atoms with E-state index in [-0.39, 0.29) is 22.8 Å². The number of carbonyl (C=O) groups is 1. The molecule has 0 aliphatic heterocycles. The fourth-order valence-corrected chi connectivity index (χ4v) is 2.91. The van der Waals surface area contributed by atoms with Gasteiger partial charge in [-0.15, -0.1) is 0 Å². The largest absolute Gasteiger partial charge is 0.333 e. The molecule has 0 amide bonds. The van der Waals surface area contributed by atoms with E-state index >= 15 is 0 Å². The molecule has 0 aliphatic rings. The number of Topliss-reactive ketones (excluding diaryl/α,β-unsaturated/α-hetero) is 1. The summed E-state index contributed by atoms with van der Waals surface area (Å²) in [6.07, 6.45) is 0. The van der Waals surface area contributed by atoms with Crippen LogP contribution in [-0.2, 0) is 0 Å². The molecule has 7 nitrogen and oxygen atoms in total. The first-order chi connectivity index (χ1) is 12.0. The van der Waals surface area contributed by atoms with Crippen molar-refractivity contribution < 1.29 is 14.2 Å². The fourth-order valence-electron chi connectivity index (χ4n) is 1.98. The van der Waals surface area contributed by atoms with Crippen molar-refractivity contribution in [2.75, 3.05) is 5.75 Å². The van der Waals surface area contributed by atoms with Crippen LogP contribution in [0.3, 0.4) is 0 Å². The highest BCUT2D eigenvalue weighted by Crippen LogP contribution is 2.24. The summed E-state index contributed by atoms with van der Waals surface area (Å²) in [6, 6.07) is 13.0. The number of non-ortho nitro benzene ring substituents is 1. The van der Waals surface area contributed by atoms with Crippen molar-refractivity contribution in [3.63, 3.8) is 0 Å². The lowest BCUT2D eigenvalue weighted by atomic mass is 10.1. The zero-order valence-corrected chi connectivity index (χ0v) is 15.0. The lowest BCUT2D eigenvalue weighted by molar-refractivity contribution is -0.384. The van der Waals surface area contributed by atoms with Gasteiger partial charge in [0.05, 0.1) is 10.7 Å². The van der Waals surface area contributed by atoms with Crippen LogP contribution < -0.4 is 0 Å². The second kappa shape index (κ2) is 7.58. The van der Waals surface area contributed by atoms with Crippen molar-refractivity contribution in [1.82, 2.24) is 10.1 Å². The molecule has 2 aromatic carbocycles. The summed E-state index contributed by atoms with van der Waals surface area (Å²) >= 11 is 4.46. The van der Waals surface area contributed by atoms with Crippen molar-refractivity contribution in [3.05, 3.63) is 68.7 Å². The summed E-state index contributed by atoms with van der Waals surface area (Å²) in [7, 11) is 0. The Labute approximate surface area is 154 Å². The Morgan fingerprint density at radius 2 is 2.00 bits per heavy atom. The van der Waals surface area contributed by atoms with Gasteiger partial charge in [0.25, 0.3) is 11.6 Å². The minimum Gasteiger partial charge on any atom is -0.333 e. The monoisotopic (exact) mass is 419 g/mol. The lowest BCUT2D eigenvalue weighted by Crippen LogP contribution is -2.03. The van der Waals surface area contributed by atoms with E-state index in [1.807, 2.05) is 24.3 Å². The predicted octanol–water partition coefficient (Wildman–Crippen LogP) is 4.38.